The van der Waals surface area contributed by atoms with Crippen molar-refractivity contribution in [2.45, 2.75) is 38.6 Å². The number of aryl methyl sites for hydroxylation is 2. The van der Waals surface area contributed by atoms with Gasteiger partial charge in [0.2, 0.25) is 11.8 Å². The minimum absolute atomic E-state index is 0.0587. The molecule has 1 amide bonds. The quantitative estimate of drug-likeness (QED) is 0.696. The first kappa shape index (κ1) is 17.5. The maximum Gasteiger partial charge on any atom is 0.230 e. The van der Waals surface area contributed by atoms with Crippen molar-refractivity contribution in [1.82, 2.24) is 15.0 Å². The van der Waals surface area contributed by atoms with E-state index in [9.17, 15) is 4.79 Å². The van der Waals surface area contributed by atoms with Crippen LogP contribution in [-0.2, 0) is 24.1 Å². The van der Waals surface area contributed by atoms with E-state index in [4.69, 9.17) is 4.52 Å². The number of rotatable bonds is 5. The fourth-order valence-corrected chi connectivity index (χ4v) is 3.86. The van der Waals surface area contributed by atoms with Crippen LogP contribution in [0.5, 0.6) is 0 Å². The van der Waals surface area contributed by atoms with Crippen LogP contribution in [0.4, 0.5) is 0 Å². The predicted molar refractivity (Wildman–Crippen MR) is 102 cm³/mol. The summed E-state index contributed by atoms with van der Waals surface area (Å²) in [5.74, 6) is 1.00. The van der Waals surface area contributed by atoms with Gasteiger partial charge in [-0.05, 0) is 36.0 Å². The largest absolute Gasteiger partial charge is 0.340 e. The highest BCUT2D eigenvalue weighted by Crippen LogP contribution is 2.33. The molecular weight excluding hydrogens is 338 g/mol. The summed E-state index contributed by atoms with van der Waals surface area (Å²) in [5.41, 5.74) is 3.90. The Kier molecular flexibility index (Phi) is 5.01. The number of fused-ring (bicyclic) bond motifs is 1. The Morgan fingerprint density at radius 2 is 1.93 bits per heavy atom. The molecule has 0 saturated heterocycles. The van der Waals surface area contributed by atoms with Gasteiger partial charge in [0.1, 0.15) is 0 Å². The molecule has 3 aromatic rings. The van der Waals surface area contributed by atoms with Gasteiger partial charge in [-0.25, -0.2) is 0 Å². The van der Waals surface area contributed by atoms with Gasteiger partial charge in [-0.1, -0.05) is 59.8 Å². The molecule has 1 unspecified atom stereocenters. The highest BCUT2D eigenvalue weighted by atomic mass is 16.5. The van der Waals surface area contributed by atoms with E-state index in [1.54, 1.807) is 6.92 Å². The summed E-state index contributed by atoms with van der Waals surface area (Å²) in [6.45, 7) is 2.47. The first-order chi connectivity index (χ1) is 13.2. The molecule has 0 aliphatic carbocycles. The smallest absolute Gasteiger partial charge is 0.230 e. The van der Waals surface area contributed by atoms with Crippen LogP contribution in [0.3, 0.4) is 0 Å². The molecular formula is C22H23N3O2. The molecule has 4 rings (SSSR count). The van der Waals surface area contributed by atoms with Crippen molar-refractivity contribution >= 4 is 5.91 Å². The van der Waals surface area contributed by atoms with E-state index in [-0.39, 0.29) is 18.4 Å². The second-order valence-corrected chi connectivity index (χ2v) is 6.98. The van der Waals surface area contributed by atoms with E-state index in [0.717, 1.165) is 25.8 Å². The van der Waals surface area contributed by atoms with Gasteiger partial charge in [-0.3, -0.25) is 4.79 Å². The first-order valence-electron chi connectivity index (χ1n) is 9.41. The van der Waals surface area contributed by atoms with Crippen LogP contribution >= 0.6 is 0 Å². The van der Waals surface area contributed by atoms with Crippen LogP contribution in [0.1, 0.15) is 40.9 Å². The van der Waals surface area contributed by atoms with Crippen LogP contribution in [0, 0.1) is 6.92 Å². The van der Waals surface area contributed by atoms with Gasteiger partial charge < -0.3 is 9.42 Å². The van der Waals surface area contributed by atoms with Crippen LogP contribution in [0.15, 0.2) is 59.1 Å². The normalized spacial score (nSPS) is 16.2. The van der Waals surface area contributed by atoms with Gasteiger partial charge in [0.15, 0.2) is 5.82 Å². The van der Waals surface area contributed by atoms with Crippen molar-refractivity contribution < 1.29 is 9.32 Å². The van der Waals surface area contributed by atoms with Gasteiger partial charge in [0.25, 0.3) is 0 Å². The van der Waals surface area contributed by atoms with Gasteiger partial charge in [-0.15, -0.1) is 0 Å². The highest BCUT2D eigenvalue weighted by molar-refractivity contribution is 5.79. The number of benzene rings is 2. The van der Waals surface area contributed by atoms with Crippen molar-refractivity contribution in [3.8, 4) is 0 Å². The van der Waals surface area contributed by atoms with Crippen molar-refractivity contribution in [1.29, 1.82) is 0 Å². The highest BCUT2D eigenvalue weighted by Gasteiger charge is 2.30. The zero-order valence-electron chi connectivity index (χ0n) is 15.5. The molecule has 1 aromatic heterocycles. The van der Waals surface area contributed by atoms with E-state index >= 15 is 0 Å². The summed E-state index contributed by atoms with van der Waals surface area (Å²) in [6, 6.07) is 19.0. The van der Waals surface area contributed by atoms with E-state index in [0.29, 0.717) is 11.7 Å². The van der Waals surface area contributed by atoms with Crippen LogP contribution in [0.2, 0.25) is 0 Å². The summed E-state index contributed by atoms with van der Waals surface area (Å²) in [6.07, 6.45) is 2.90. The lowest BCUT2D eigenvalue weighted by molar-refractivity contribution is -0.133. The molecule has 1 aliphatic rings. The molecule has 27 heavy (non-hydrogen) atoms. The lowest BCUT2D eigenvalue weighted by Crippen LogP contribution is -2.41. The molecule has 0 bridgehead atoms. The molecule has 0 N–H and O–H groups in total. The second kappa shape index (κ2) is 7.74. The third-order valence-electron chi connectivity index (χ3n) is 5.16. The minimum Gasteiger partial charge on any atom is -0.340 e. The maximum absolute atomic E-state index is 13.0. The number of aromatic nitrogens is 2. The molecule has 1 aliphatic heterocycles. The van der Waals surface area contributed by atoms with Crippen molar-refractivity contribution in [2.75, 3.05) is 6.54 Å². The zero-order chi connectivity index (χ0) is 18.6. The molecule has 1 atom stereocenters. The number of hydrogen-bond acceptors (Lipinski definition) is 4. The zero-order valence-corrected chi connectivity index (χ0v) is 15.5. The minimum atomic E-state index is 0.0587. The summed E-state index contributed by atoms with van der Waals surface area (Å²) in [5, 5.41) is 3.88. The third kappa shape index (κ3) is 3.92. The number of hydrogen-bond donors (Lipinski definition) is 0. The van der Waals surface area contributed by atoms with Crippen molar-refractivity contribution in [3.63, 3.8) is 0 Å². The SMILES string of the molecule is Cc1nc(CC(=O)N2CCc3ccccc3C2CCc2ccccc2)no1. The Labute approximate surface area is 159 Å². The molecule has 0 radical (unpaired) electrons. The maximum atomic E-state index is 13.0. The monoisotopic (exact) mass is 361 g/mol. The fraction of sp³-hybridized carbons (Fsp3) is 0.318. The first-order valence-corrected chi connectivity index (χ1v) is 9.41. The van der Waals surface area contributed by atoms with Gasteiger partial charge in [-0.2, -0.15) is 4.98 Å². The second-order valence-electron chi connectivity index (χ2n) is 6.98. The Balaban J connectivity index is 1.56. The van der Waals surface area contributed by atoms with E-state index in [2.05, 4.69) is 58.7 Å². The average Bonchev–Trinajstić information content (AvgIpc) is 3.11. The molecule has 0 spiro atoms. The molecule has 0 saturated carbocycles. The molecule has 5 heteroatoms. The Bertz CT molecular complexity index is 920. The molecule has 138 valence electrons. The number of nitrogens with zero attached hydrogens (tertiary/aromatic N) is 3. The summed E-state index contributed by atoms with van der Waals surface area (Å²) in [4.78, 5) is 19.2. The molecule has 2 heterocycles. The van der Waals surface area contributed by atoms with E-state index in [1.165, 1.54) is 16.7 Å². The fourth-order valence-electron chi connectivity index (χ4n) is 3.86. The topological polar surface area (TPSA) is 59.2 Å². The van der Waals surface area contributed by atoms with Gasteiger partial charge in [0, 0.05) is 13.5 Å². The Hall–Kier alpha value is -2.95. The lowest BCUT2D eigenvalue weighted by atomic mass is 9.88. The average molecular weight is 361 g/mol. The number of carbonyl (C=O) groups excluding carboxylic acids is 1. The number of carbonyl (C=O) groups is 1. The summed E-state index contributed by atoms with van der Waals surface area (Å²) < 4.78 is 5.01. The Morgan fingerprint density at radius 3 is 2.70 bits per heavy atom. The molecule has 0 fully saturated rings. The van der Waals surface area contributed by atoms with E-state index < -0.39 is 0 Å². The van der Waals surface area contributed by atoms with Crippen LogP contribution in [-0.4, -0.2) is 27.5 Å². The molecule has 2 aromatic carbocycles. The summed E-state index contributed by atoms with van der Waals surface area (Å²) >= 11 is 0. The molecule has 5 nitrogen and oxygen atoms in total. The lowest BCUT2D eigenvalue weighted by Gasteiger charge is -2.37. The van der Waals surface area contributed by atoms with E-state index in [1.807, 2.05) is 11.0 Å². The van der Waals surface area contributed by atoms with Crippen LogP contribution < -0.4 is 0 Å². The van der Waals surface area contributed by atoms with Crippen LogP contribution in [0.25, 0.3) is 0 Å². The third-order valence-corrected chi connectivity index (χ3v) is 5.16. The number of amides is 1. The summed E-state index contributed by atoms with van der Waals surface area (Å²) in [7, 11) is 0. The Morgan fingerprint density at radius 1 is 1.15 bits per heavy atom. The predicted octanol–water partition coefficient (Wildman–Crippen LogP) is 3.68. The van der Waals surface area contributed by atoms with Gasteiger partial charge in [0.05, 0.1) is 12.5 Å². The van der Waals surface area contributed by atoms with Crippen molar-refractivity contribution in [2.24, 2.45) is 0 Å². The van der Waals surface area contributed by atoms with Crippen molar-refractivity contribution in [3.05, 3.63) is 83.0 Å². The van der Waals surface area contributed by atoms with Gasteiger partial charge >= 0.3 is 0 Å². The standard InChI is InChI=1S/C22H23N3O2/c1-16-23-21(24-27-16)15-22(26)25-14-13-18-9-5-6-10-19(18)20(25)12-11-17-7-3-2-4-8-17/h2-10,20H,11-15H2,1H3.